The lowest BCUT2D eigenvalue weighted by atomic mass is 10.3. The zero-order valence-corrected chi connectivity index (χ0v) is 12.3. The van der Waals surface area contributed by atoms with Gasteiger partial charge in [0.15, 0.2) is 5.75 Å². The van der Waals surface area contributed by atoms with Crippen LogP contribution in [0.5, 0.6) is 11.5 Å². The van der Waals surface area contributed by atoms with E-state index < -0.39 is 10.0 Å². The van der Waals surface area contributed by atoms with E-state index in [-0.39, 0.29) is 27.1 Å². The van der Waals surface area contributed by atoms with Gasteiger partial charge in [-0.1, -0.05) is 35.3 Å². The van der Waals surface area contributed by atoms with Gasteiger partial charge in [0.25, 0.3) is 0 Å². The van der Waals surface area contributed by atoms with Gasteiger partial charge in [-0.05, 0) is 24.3 Å². The maximum absolute atomic E-state index is 11.4. The molecule has 106 valence electrons. The van der Waals surface area contributed by atoms with E-state index in [2.05, 4.69) is 0 Å². The van der Waals surface area contributed by atoms with E-state index in [4.69, 9.17) is 38.8 Å². The first-order valence-corrected chi connectivity index (χ1v) is 7.64. The highest BCUT2D eigenvalue weighted by Crippen LogP contribution is 2.37. The zero-order chi connectivity index (χ0) is 14.9. The van der Waals surface area contributed by atoms with Crippen LogP contribution in [0.1, 0.15) is 0 Å². The first kappa shape index (κ1) is 14.9. The lowest BCUT2D eigenvalue weighted by Gasteiger charge is -2.12. The molecule has 0 unspecified atom stereocenters. The van der Waals surface area contributed by atoms with E-state index >= 15 is 0 Å². The van der Waals surface area contributed by atoms with E-state index in [0.717, 1.165) is 0 Å². The highest BCUT2D eigenvalue weighted by molar-refractivity contribution is 7.89. The van der Waals surface area contributed by atoms with Crippen molar-refractivity contribution < 1.29 is 13.2 Å². The molecule has 0 fully saturated rings. The Balaban J connectivity index is 2.48. The van der Waals surface area contributed by atoms with Crippen molar-refractivity contribution >= 4 is 38.9 Å². The Morgan fingerprint density at radius 2 is 1.60 bits per heavy atom. The molecule has 8 heteroatoms. The smallest absolute Gasteiger partial charge is 0.240 e. The fraction of sp³-hybridized carbons (Fsp3) is 0. The van der Waals surface area contributed by atoms with Crippen molar-refractivity contribution in [2.75, 3.05) is 5.73 Å². The van der Waals surface area contributed by atoms with E-state index in [1.54, 1.807) is 18.2 Å². The normalized spacial score (nSPS) is 11.3. The molecular weight excluding hydrogens is 323 g/mol. The van der Waals surface area contributed by atoms with Crippen LogP contribution in [0.15, 0.2) is 41.3 Å². The number of nitrogens with two attached hydrogens (primary N) is 2. The number of ether oxygens (including phenoxy) is 1. The average molecular weight is 333 g/mol. The number of nitrogen functional groups attached to an aromatic ring is 1. The number of primary sulfonamides is 1. The van der Waals surface area contributed by atoms with Gasteiger partial charge in [-0.3, -0.25) is 0 Å². The minimum atomic E-state index is -3.93. The highest BCUT2D eigenvalue weighted by Gasteiger charge is 2.17. The number of hydrogen-bond donors (Lipinski definition) is 2. The molecule has 20 heavy (non-hydrogen) atoms. The molecule has 0 aliphatic heterocycles. The minimum Gasteiger partial charge on any atom is -0.454 e. The van der Waals surface area contributed by atoms with E-state index in [1.165, 1.54) is 18.2 Å². The summed E-state index contributed by atoms with van der Waals surface area (Å²) < 4.78 is 28.2. The van der Waals surface area contributed by atoms with Crippen molar-refractivity contribution in [2.45, 2.75) is 4.90 Å². The number of para-hydroxylation sites is 1. The third kappa shape index (κ3) is 2.99. The number of benzene rings is 2. The second-order valence-corrected chi connectivity index (χ2v) is 6.18. The molecule has 4 N–H and O–H groups in total. The van der Waals surface area contributed by atoms with Crippen LogP contribution in [-0.4, -0.2) is 8.42 Å². The van der Waals surface area contributed by atoms with Gasteiger partial charge >= 0.3 is 0 Å². The van der Waals surface area contributed by atoms with Crippen LogP contribution in [0.25, 0.3) is 0 Å². The zero-order valence-electron chi connectivity index (χ0n) is 10.0. The summed E-state index contributed by atoms with van der Waals surface area (Å²) in [5, 5.41) is 5.58. The Bertz CT molecular complexity index is 763. The number of sulfonamides is 1. The molecule has 0 heterocycles. The summed E-state index contributed by atoms with van der Waals surface area (Å²) in [5.74, 6) is 0.387. The molecule has 2 aromatic carbocycles. The third-order valence-electron chi connectivity index (χ3n) is 2.47. The Kier molecular flexibility index (Phi) is 4.10. The topological polar surface area (TPSA) is 95.4 Å². The minimum absolute atomic E-state index is 0.0916. The van der Waals surface area contributed by atoms with Gasteiger partial charge < -0.3 is 10.5 Å². The molecule has 0 spiro atoms. The van der Waals surface area contributed by atoms with Crippen LogP contribution in [-0.2, 0) is 10.0 Å². The quantitative estimate of drug-likeness (QED) is 0.844. The van der Waals surface area contributed by atoms with E-state index in [9.17, 15) is 8.42 Å². The molecule has 0 saturated carbocycles. The molecule has 0 aliphatic carbocycles. The van der Waals surface area contributed by atoms with Crippen molar-refractivity contribution in [3.63, 3.8) is 0 Å². The maximum Gasteiger partial charge on any atom is 0.240 e. The molecule has 0 saturated heterocycles. The number of hydrogen-bond acceptors (Lipinski definition) is 4. The van der Waals surface area contributed by atoms with Crippen molar-refractivity contribution in [2.24, 2.45) is 5.14 Å². The third-order valence-corrected chi connectivity index (χ3v) is 4.24. The van der Waals surface area contributed by atoms with Crippen molar-refractivity contribution in [1.82, 2.24) is 0 Å². The molecular formula is C12H10Cl2N2O3S. The molecule has 0 bridgehead atoms. The molecule has 2 aromatic rings. The number of anilines is 1. The molecule has 0 amide bonds. The predicted molar refractivity (Wildman–Crippen MR) is 78.8 cm³/mol. The lowest BCUT2D eigenvalue weighted by molar-refractivity contribution is 0.484. The summed E-state index contributed by atoms with van der Waals surface area (Å²) in [6, 6.07) is 9.07. The molecule has 0 atom stereocenters. The monoisotopic (exact) mass is 332 g/mol. The predicted octanol–water partition coefficient (Wildman–Crippen LogP) is 3.02. The fourth-order valence-electron chi connectivity index (χ4n) is 1.54. The van der Waals surface area contributed by atoms with Crippen LogP contribution >= 0.6 is 23.2 Å². The lowest BCUT2D eigenvalue weighted by Crippen LogP contribution is -2.14. The summed E-state index contributed by atoms with van der Waals surface area (Å²) in [6.45, 7) is 0. The van der Waals surface area contributed by atoms with Gasteiger partial charge in [0.1, 0.15) is 15.7 Å². The van der Waals surface area contributed by atoms with Gasteiger partial charge in [-0.15, -0.1) is 0 Å². The van der Waals surface area contributed by atoms with Crippen LogP contribution < -0.4 is 15.6 Å². The van der Waals surface area contributed by atoms with Gasteiger partial charge in [0.2, 0.25) is 10.0 Å². The van der Waals surface area contributed by atoms with Crippen LogP contribution in [0.3, 0.4) is 0 Å². The SMILES string of the molecule is Nc1c(Oc2cccc(Cl)c2Cl)cccc1S(N)(=O)=O. The van der Waals surface area contributed by atoms with Gasteiger partial charge in [-0.25, -0.2) is 13.6 Å². The highest BCUT2D eigenvalue weighted by atomic mass is 35.5. The maximum atomic E-state index is 11.4. The Morgan fingerprint density at radius 3 is 2.25 bits per heavy atom. The molecule has 0 aromatic heterocycles. The second kappa shape index (κ2) is 5.49. The van der Waals surface area contributed by atoms with Gasteiger partial charge in [0, 0.05) is 0 Å². The van der Waals surface area contributed by atoms with Crippen LogP contribution in [0.4, 0.5) is 5.69 Å². The van der Waals surface area contributed by atoms with Crippen molar-refractivity contribution in [3.8, 4) is 11.5 Å². The standard InChI is InChI=1S/C12H10Cl2N2O3S/c13-7-3-1-4-8(11(7)14)19-9-5-2-6-10(12(9)15)20(16,17)18/h1-6H,15H2,(H2,16,17,18). The van der Waals surface area contributed by atoms with Crippen LogP contribution in [0.2, 0.25) is 10.0 Å². The van der Waals surface area contributed by atoms with Crippen molar-refractivity contribution in [1.29, 1.82) is 0 Å². The molecule has 0 aliphatic rings. The summed E-state index contributed by atoms with van der Waals surface area (Å²) >= 11 is 11.8. The molecule has 0 radical (unpaired) electrons. The average Bonchev–Trinajstić information content (AvgIpc) is 2.36. The summed E-state index contributed by atoms with van der Waals surface area (Å²) in [4.78, 5) is -0.215. The Labute approximate surface area is 126 Å². The molecule has 2 rings (SSSR count). The first-order valence-electron chi connectivity index (χ1n) is 5.34. The number of halogens is 2. The summed E-state index contributed by atoms with van der Waals surface area (Å²) in [7, 11) is -3.93. The Hall–Kier alpha value is -1.47. The van der Waals surface area contributed by atoms with Gasteiger partial charge in [-0.2, -0.15) is 0 Å². The largest absolute Gasteiger partial charge is 0.454 e. The summed E-state index contributed by atoms with van der Waals surface area (Å²) in [6.07, 6.45) is 0. The van der Waals surface area contributed by atoms with Crippen LogP contribution in [0, 0.1) is 0 Å². The summed E-state index contributed by atoms with van der Waals surface area (Å²) in [5.41, 5.74) is 5.65. The fourth-order valence-corrected chi connectivity index (χ4v) is 2.55. The van der Waals surface area contributed by atoms with E-state index in [1.807, 2.05) is 0 Å². The van der Waals surface area contributed by atoms with Gasteiger partial charge in [0.05, 0.1) is 10.7 Å². The molecule has 5 nitrogen and oxygen atoms in total. The van der Waals surface area contributed by atoms with Crippen molar-refractivity contribution in [3.05, 3.63) is 46.4 Å². The number of rotatable bonds is 3. The first-order chi connectivity index (χ1) is 9.30. The Morgan fingerprint density at radius 1 is 1.00 bits per heavy atom. The second-order valence-electron chi connectivity index (χ2n) is 3.87. The van der Waals surface area contributed by atoms with E-state index in [0.29, 0.717) is 5.02 Å².